The molecule has 2 aliphatic heterocycles. The second-order valence-corrected chi connectivity index (χ2v) is 8.52. The van der Waals surface area contributed by atoms with Crippen LogP contribution in [0.3, 0.4) is 0 Å². The van der Waals surface area contributed by atoms with Gasteiger partial charge in [0.1, 0.15) is 29.3 Å². The molecule has 186 valence electrons. The number of nitrogens with two attached hydrogens (primary N) is 1. The number of hydrogen-bond donors (Lipinski definition) is 1. The fourth-order valence-electron chi connectivity index (χ4n) is 4.31. The van der Waals surface area contributed by atoms with Crippen LogP contribution in [0.5, 0.6) is 5.75 Å². The third kappa shape index (κ3) is 4.12. The maximum Gasteiger partial charge on any atom is 0.341 e. The van der Waals surface area contributed by atoms with Crippen molar-refractivity contribution in [3.8, 4) is 11.6 Å². The number of carbonyl (C=O) groups excluding carboxylic acids is 2. The Morgan fingerprint density at radius 2 is 1.92 bits per heavy atom. The summed E-state index contributed by atoms with van der Waals surface area (Å²) in [5.41, 5.74) is 6.49. The monoisotopic (exact) mass is 496 g/mol. The summed E-state index contributed by atoms with van der Waals surface area (Å²) in [6, 6.07) is 1.92. The zero-order chi connectivity index (χ0) is 25.6. The van der Waals surface area contributed by atoms with Gasteiger partial charge in [-0.25, -0.2) is 28.6 Å². The van der Waals surface area contributed by atoms with E-state index in [1.807, 2.05) is 0 Å². The van der Waals surface area contributed by atoms with Crippen LogP contribution in [0, 0.1) is 25.5 Å². The van der Waals surface area contributed by atoms with E-state index in [9.17, 15) is 18.4 Å². The number of pyridine rings is 2. The number of likely N-dealkylation sites (tertiary alicyclic amines) is 1. The number of aromatic nitrogens is 4. The Hall–Kier alpha value is -4.42. The lowest BCUT2D eigenvalue weighted by molar-refractivity contribution is 0.0256. The van der Waals surface area contributed by atoms with Crippen molar-refractivity contribution >= 4 is 18.2 Å². The van der Waals surface area contributed by atoms with Gasteiger partial charge in [-0.15, -0.1) is 0 Å². The SMILES string of the molecule is Cc1nc(C(N)=O)c(C)n1-c1cc(OC2CN(C(=O)N3N=CCC3c3cncc(F)c3)C2)c(F)cn1. The van der Waals surface area contributed by atoms with Gasteiger partial charge in [0.15, 0.2) is 11.6 Å². The van der Waals surface area contributed by atoms with Gasteiger partial charge in [0.2, 0.25) is 0 Å². The Balaban J connectivity index is 1.26. The topological polar surface area (TPSA) is 132 Å². The van der Waals surface area contributed by atoms with Crippen molar-refractivity contribution in [2.75, 3.05) is 13.1 Å². The van der Waals surface area contributed by atoms with Crippen molar-refractivity contribution in [1.82, 2.24) is 29.4 Å². The van der Waals surface area contributed by atoms with Gasteiger partial charge in [-0.05, 0) is 25.5 Å². The summed E-state index contributed by atoms with van der Waals surface area (Å²) in [5.74, 6) is -1.11. The van der Waals surface area contributed by atoms with Gasteiger partial charge in [-0.2, -0.15) is 5.10 Å². The summed E-state index contributed by atoms with van der Waals surface area (Å²) in [7, 11) is 0. The van der Waals surface area contributed by atoms with Crippen LogP contribution in [-0.4, -0.2) is 66.8 Å². The molecule has 36 heavy (non-hydrogen) atoms. The third-order valence-electron chi connectivity index (χ3n) is 6.09. The van der Waals surface area contributed by atoms with Gasteiger partial charge in [0, 0.05) is 24.9 Å². The number of aryl methyl sites for hydroxylation is 1. The molecule has 5 rings (SSSR count). The van der Waals surface area contributed by atoms with Crippen molar-refractivity contribution < 1.29 is 23.1 Å². The van der Waals surface area contributed by atoms with Crippen molar-refractivity contribution in [2.45, 2.75) is 32.4 Å². The molecule has 0 bridgehead atoms. The molecular weight excluding hydrogens is 474 g/mol. The van der Waals surface area contributed by atoms with E-state index in [2.05, 4.69) is 20.1 Å². The third-order valence-corrected chi connectivity index (χ3v) is 6.09. The summed E-state index contributed by atoms with van der Waals surface area (Å²) in [6.07, 6.45) is 5.21. The quantitative estimate of drug-likeness (QED) is 0.576. The highest BCUT2D eigenvalue weighted by Gasteiger charge is 2.39. The molecule has 0 saturated carbocycles. The van der Waals surface area contributed by atoms with Crippen LogP contribution in [0.15, 0.2) is 35.8 Å². The first-order chi connectivity index (χ1) is 17.2. The summed E-state index contributed by atoms with van der Waals surface area (Å²) in [4.78, 5) is 38.2. The van der Waals surface area contributed by atoms with Crippen molar-refractivity contribution in [3.63, 3.8) is 0 Å². The minimum atomic E-state index is -0.676. The molecule has 1 saturated heterocycles. The maximum absolute atomic E-state index is 14.5. The van der Waals surface area contributed by atoms with Gasteiger partial charge >= 0.3 is 6.03 Å². The van der Waals surface area contributed by atoms with Crippen LogP contribution in [0.4, 0.5) is 13.6 Å². The van der Waals surface area contributed by atoms with Crippen LogP contribution >= 0.6 is 0 Å². The molecule has 3 amide bonds. The highest BCUT2D eigenvalue weighted by Crippen LogP contribution is 2.31. The number of rotatable bonds is 5. The minimum absolute atomic E-state index is 0.0480. The lowest BCUT2D eigenvalue weighted by Gasteiger charge is -2.41. The summed E-state index contributed by atoms with van der Waals surface area (Å²) in [5, 5.41) is 5.43. The molecule has 1 atom stereocenters. The number of carbonyl (C=O) groups is 2. The fraction of sp³-hybridized carbons (Fsp3) is 0.304. The van der Waals surface area contributed by atoms with E-state index < -0.39 is 29.7 Å². The Morgan fingerprint density at radius 1 is 1.14 bits per heavy atom. The van der Waals surface area contributed by atoms with E-state index in [0.717, 1.165) is 12.4 Å². The predicted octanol–water partition coefficient (Wildman–Crippen LogP) is 2.27. The van der Waals surface area contributed by atoms with E-state index in [4.69, 9.17) is 10.5 Å². The van der Waals surface area contributed by atoms with Crippen LogP contribution in [0.25, 0.3) is 5.82 Å². The summed E-state index contributed by atoms with van der Waals surface area (Å²) in [6.45, 7) is 3.76. The first-order valence-electron chi connectivity index (χ1n) is 11.1. The number of urea groups is 1. The molecule has 13 heteroatoms. The fourth-order valence-corrected chi connectivity index (χ4v) is 4.31. The van der Waals surface area contributed by atoms with Gasteiger partial charge in [-0.1, -0.05) is 0 Å². The highest BCUT2D eigenvalue weighted by molar-refractivity contribution is 5.92. The molecule has 11 nitrogen and oxygen atoms in total. The molecule has 2 N–H and O–H groups in total. The first kappa shape index (κ1) is 23.3. The molecule has 0 aromatic carbocycles. The molecule has 0 radical (unpaired) electrons. The summed E-state index contributed by atoms with van der Waals surface area (Å²) < 4.78 is 35.5. The van der Waals surface area contributed by atoms with E-state index in [0.29, 0.717) is 29.3 Å². The van der Waals surface area contributed by atoms with E-state index in [-0.39, 0.29) is 30.6 Å². The Morgan fingerprint density at radius 3 is 2.61 bits per heavy atom. The minimum Gasteiger partial charge on any atom is -0.483 e. The van der Waals surface area contributed by atoms with E-state index in [1.54, 1.807) is 24.6 Å². The lowest BCUT2D eigenvalue weighted by atomic mass is 10.1. The molecular formula is C23H22F2N8O3. The van der Waals surface area contributed by atoms with Crippen LogP contribution in [0.2, 0.25) is 0 Å². The molecule has 5 heterocycles. The average Bonchev–Trinajstić information content (AvgIpc) is 3.41. The van der Waals surface area contributed by atoms with E-state index >= 15 is 0 Å². The lowest BCUT2D eigenvalue weighted by Crippen LogP contribution is -2.58. The van der Waals surface area contributed by atoms with Gasteiger partial charge in [0.25, 0.3) is 5.91 Å². The number of hydrazone groups is 1. The second kappa shape index (κ2) is 8.98. The molecule has 0 aliphatic carbocycles. The molecule has 2 aliphatic rings. The number of imidazole rings is 1. The predicted molar refractivity (Wildman–Crippen MR) is 123 cm³/mol. The highest BCUT2D eigenvalue weighted by atomic mass is 19.1. The number of halogens is 2. The zero-order valence-electron chi connectivity index (χ0n) is 19.4. The maximum atomic E-state index is 14.5. The van der Waals surface area contributed by atoms with Crippen LogP contribution < -0.4 is 10.5 Å². The van der Waals surface area contributed by atoms with Gasteiger partial charge < -0.3 is 15.4 Å². The Bertz CT molecular complexity index is 1390. The Labute approximate surface area is 204 Å². The van der Waals surface area contributed by atoms with Crippen LogP contribution in [0.1, 0.15) is 40.0 Å². The molecule has 3 aromatic rings. The number of amides is 3. The smallest absolute Gasteiger partial charge is 0.341 e. The Kier molecular flexibility index (Phi) is 5.82. The molecule has 1 unspecified atom stereocenters. The van der Waals surface area contributed by atoms with Crippen molar-refractivity contribution in [1.29, 1.82) is 0 Å². The normalized spacial score (nSPS) is 17.4. The molecule has 3 aromatic heterocycles. The number of nitrogens with zero attached hydrogens (tertiary/aromatic N) is 7. The van der Waals surface area contributed by atoms with Crippen molar-refractivity contribution in [3.05, 3.63) is 65.1 Å². The summed E-state index contributed by atoms with van der Waals surface area (Å²) >= 11 is 0. The van der Waals surface area contributed by atoms with Gasteiger partial charge in [0.05, 0.1) is 37.2 Å². The molecule has 0 spiro atoms. The standard InChI is InChI=1S/C23H22F2N8O3/c1-12-21(22(26)34)30-13(2)32(12)20-6-19(17(25)9-28-20)36-16-10-31(11-16)23(35)33-18(3-4-29-33)14-5-15(24)8-27-7-14/h4-9,16,18H,3,10-11H2,1-2H3,(H2,26,34). The second-order valence-electron chi connectivity index (χ2n) is 8.52. The van der Waals surface area contributed by atoms with Gasteiger partial charge in [-0.3, -0.25) is 14.3 Å². The van der Waals surface area contributed by atoms with Crippen LogP contribution in [-0.2, 0) is 0 Å². The largest absolute Gasteiger partial charge is 0.483 e. The number of hydrogen-bond acceptors (Lipinski definition) is 7. The van der Waals surface area contributed by atoms with Crippen molar-refractivity contribution in [2.24, 2.45) is 10.8 Å². The van der Waals surface area contributed by atoms with E-state index in [1.165, 1.54) is 28.2 Å². The average molecular weight is 496 g/mol. The first-order valence-corrected chi connectivity index (χ1v) is 11.1. The zero-order valence-corrected chi connectivity index (χ0v) is 19.4. The number of primary amides is 1. The number of ether oxygens (including phenoxy) is 1. The molecule has 1 fully saturated rings.